The number of nitrogens with one attached hydrogen (secondary N) is 1. The van der Waals surface area contributed by atoms with E-state index in [1.807, 2.05) is 13.8 Å². The first kappa shape index (κ1) is 18.0. The fourth-order valence-corrected chi connectivity index (χ4v) is 2.12. The van der Waals surface area contributed by atoms with Gasteiger partial charge in [-0.2, -0.15) is 0 Å². The zero-order valence-corrected chi connectivity index (χ0v) is 13.2. The fraction of sp³-hybridized carbons (Fsp3) is 0.500. The van der Waals surface area contributed by atoms with E-state index in [9.17, 15) is 9.59 Å². The summed E-state index contributed by atoms with van der Waals surface area (Å²) in [6.07, 6.45) is 1.56. The lowest BCUT2D eigenvalue weighted by atomic mass is 9.81. The van der Waals surface area contributed by atoms with Gasteiger partial charge in [-0.1, -0.05) is 13.8 Å². The molecule has 0 saturated heterocycles. The van der Waals surface area contributed by atoms with Crippen molar-refractivity contribution in [3.63, 3.8) is 0 Å². The number of hydrogen-bond donors (Lipinski definition) is 3. The second kappa shape index (κ2) is 8.38. The Morgan fingerprint density at radius 2 is 1.77 bits per heavy atom. The number of carbonyl (C=O) groups excluding carboxylic acids is 2. The third kappa shape index (κ3) is 4.73. The second-order valence-corrected chi connectivity index (χ2v) is 5.23. The average molecular weight is 307 g/mol. The van der Waals surface area contributed by atoms with Crippen LogP contribution in [0.25, 0.3) is 0 Å². The Hall–Kier alpha value is -2.08. The lowest BCUT2D eigenvalue weighted by Gasteiger charge is -2.28. The summed E-state index contributed by atoms with van der Waals surface area (Å²) in [4.78, 5) is 23.0. The van der Waals surface area contributed by atoms with Gasteiger partial charge in [-0.25, -0.2) is 0 Å². The van der Waals surface area contributed by atoms with Crippen LogP contribution in [0.2, 0.25) is 0 Å². The van der Waals surface area contributed by atoms with Crippen LogP contribution in [0.1, 0.15) is 33.1 Å². The van der Waals surface area contributed by atoms with Gasteiger partial charge in [0, 0.05) is 12.2 Å². The Kier molecular flexibility index (Phi) is 6.85. The number of carbonyl (C=O) groups is 2. The molecule has 1 rings (SSSR count). The molecule has 6 heteroatoms. The quantitative estimate of drug-likeness (QED) is 0.644. The first-order valence-electron chi connectivity index (χ1n) is 7.50. The van der Waals surface area contributed by atoms with Crippen molar-refractivity contribution in [1.29, 1.82) is 0 Å². The Morgan fingerprint density at radius 1 is 1.18 bits per heavy atom. The van der Waals surface area contributed by atoms with Crippen molar-refractivity contribution in [2.75, 3.05) is 18.5 Å². The van der Waals surface area contributed by atoms with Crippen molar-refractivity contribution in [1.82, 2.24) is 0 Å². The molecule has 0 unspecified atom stereocenters. The minimum Gasteiger partial charge on any atom is -0.493 e. The van der Waals surface area contributed by atoms with Crippen molar-refractivity contribution < 1.29 is 14.3 Å². The van der Waals surface area contributed by atoms with Crippen LogP contribution >= 0.6 is 0 Å². The molecule has 22 heavy (non-hydrogen) atoms. The maximum Gasteiger partial charge on any atom is 0.231 e. The molecule has 0 heterocycles. The summed E-state index contributed by atoms with van der Waals surface area (Å²) in [6, 6.07) is 6.98. The van der Waals surface area contributed by atoms with Crippen LogP contribution in [0.5, 0.6) is 5.75 Å². The predicted molar refractivity (Wildman–Crippen MR) is 86.4 cm³/mol. The second-order valence-electron chi connectivity index (χ2n) is 5.23. The molecule has 1 aromatic rings. The Bertz CT molecular complexity index is 488. The molecular formula is C16H25N3O3. The van der Waals surface area contributed by atoms with Crippen molar-refractivity contribution >= 4 is 17.5 Å². The molecule has 0 aliphatic carbocycles. The van der Waals surface area contributed by atoms with Gasteiger partial charge < -0.3 is 21.5 Å². The lowest BCUT2D eigenvalue weighted by molar-refractivity contribution is -0.125. The van der Waals surface area contributed by atoms with Crippen LogP contribution in [0, 0.1) is 5.41 Å². The van der Waals surface area contributed by atoms with Crippen LogP contribution < -0.4 is 21.5 Å². The number of primary amides is 1. The SMILES string of the molecule is CCC(CC)(CN)C(=O)Nc1ccc(OCCC(N)=O)cc1. The van der Waals surface area contributed by atoms with E-state index in [-0.39, 0.29) is 18.9 Å². The lowest BCUT2D eigenvalue weighted by Crippen LogP contribution is -2.41. The topological polar surface area (TPSA) is 107 Å². The number of nitrogens with two attached hydrogens (primary N) is 2. The molecule has 0 spiro atoms. The highest BCUT2D eigenvalue weighted by Crippen LogP contribution is 2.27. The van der Waals surface area contributed by atoms with Crippen LogP contribution in [0.3, 0.4) is 0 Å². The van der Waals surface area contributed by atoms with Crippen molar-refractivity contribution in [2.24, 2.45) is 16.9 Å². The van der Waals surface area contributed by atoms with E-state index < -0.39 is 11.3 Å². The average Bonchev–Trinajstić information content (AvgIpc) is 2.51. The first-order chi connectivity index (χ1) is 10.5. The van der Waals surface area contributed by atoms with E-state index in [1.165, 1.54) is 0 Å². The van der Waals surface area contributed by atoms with Crippen LogP contribution in [-0.4, -0.2) is 25.0 Å². The molecule has 0 bridgehead atoms. The first-order valence-corrected chi connectivity index (χ1v) is 7.50. The third-order valence-corrected chi connectivity index (χ3v) is 3.96. The summed E-state index contributed by atoms with van der Waals surface area (Å²) in [5.74, 6) is 0.152. The molecule has 0 aliphatic heterocycles. The highest BCUT2D eigenvalue weighted by atomic mass is 16.5. The van der Waals surface area contributed by atoms with Crippen molar-refractivity contribution in [3.8, 4) is 5.75 Å². The minimum absolute atomic E-state index is 0.0672. The van der Waals surface area contributed by atoms with Gasteiger partial charge in [0.15, 0.2) is 0 Å². The van der Waals surface area contributed by atoms with Gasteiger partial charge in [-0.3, -0.25) is 9.59 Å². The largest absolute Gasteiger partial charge is 0.493 e. The van der Waals surface area contributed by atoms with E-state index in [1.54, 1.807) is 24.3 Å². The van der Waals surface area contributed by atoms with Crippen molar-refractivity contribution in [2.45, 2.75) is 33.1 Å². The molecule has 0 radical (unpaired) electrons. The van der Waals surface area contributed by atoms with Crippen LogP contribution in [0.4, 0.5) is 5.69 Å². The third-order valence-electron chi connectivity index (χ3n) is 3.96. The molecule has 1 aromatic carbocycles. The summed E-state index contributed by atoms with van der Waals surface area (Å²) in [7, 11) is 0. The summed E-state index contributed by atoms with van der Waals surface area (Å²) < 4.78 is 5.37. The number of rotatable bonds is 9. The number of hydrogen-bond acceptors (Lipinski definition) is 4. The Labute approximate surface area is 131 Å². The molecule has 0 saturated carbocycles. The smallest absolute Gasteiger partial charge is 0.231 e. The molecule has 0 fully saturated rings. The fourth-order valence-electron chi connectivity index (χ4n) is 2.12. The zero-order chi connectivity index (χ0) is 16.6. The molecule has 122 valence electrons. The maximum absolute atomic E-state index is 12.4. The summed E-state index contributed by atoms with van der Waals surface area (Å²) in [6.45, 7) is 4.49. The maximum atomic E-state index is 12.4. The van der Waals surface area contributed by atoms with E-state index in [0.29, 0.717) is 30.8 Å². The zero-order valence-electron chi connectivity index (χ0n) is 13.2. The van der Waals surface area contributed by atoms with Gasteiger partial charge in [-0.05, 0) is 37.1 Å². The van der Waals surface area contributed by atoms with Gasteiger partial charge in [0.05, 0.1) is 18.4 Å². The van der Waals surface area contributed by atoms with Gasteiger partial charge in [-0.15, -0.1) is 0 Å². The number of anilines is 1. The van der Waals surface area contributed by atoms with Crippen LogP contribution in [-0.2, 0) is 9.59 Å². The molecule has 5 N–H and O–H groups in total. The summed E-state index contributed by atoms with van der Waals surface area (Å²) >= 11 is 0. The van der Waals surface area contributed by atoms with E-state index in [4.69, 9.17) is 16.2 Å². The van der Waals surface area contributed by atoms with E-state index in [2.05, 4.69) is 5.32 Å². The molecule has 2 amide bonds. The summed E-state index contributed by atoms with van der Waals surface area (Å²) in [5.41, 5.74) is 11.0. The Balaban J connectivity index is 2.63. The molecule has 0 aromatic heterocycles. The highest BCUT2D eigenvalue weighted by molar-refractivity contribution is 5.95. The van der Waals surface area contributed by atoms with Gasteiger partial charge in [0.1, 0.15) is 5.75 Å². The molecule has 6 nitrogen and oxygen atoms in total. The summed E-state index contributed by atoms with van der Waals surface area (Å²) in [5, 5.41) is 2.89. The molecule has 0 atom stereocenters. The predicted octanol–water partition coefficient (Wildman–Crippen LogP) is 1.64. The monoisotopic (exact) mass is 307 g/mol. The number of amides is 2. The highest BCUT2D eigenvalue weighted by Gasteiger charge is 2.33. The minimum atomic E-state index is -0.531. The van der Waals surface area contributed by atoms with Crippen molar-refractivity contribution in [3.05, 3.63) is 24.3 Å². The van der Waals surface area contributed by atoms with Gasteiger partial charge in [0.2, 0.25) is 11.8 Å². The normalized spacial score (nSPS) is 11.0. The van der Waals surface area contributed by atoms with Gasteiger partial charge >= 0.3 is 0 Å². The van der Waals surface area contributed by atoms with Gasteiger partial charge in [0.25, 0.3) is 0 Å². The van der Waals surface area contributed by atoms with E-state index >= 15 is 0 Å². The standard InChI is InChI=1S/C16H25N3O3/c1-3-16(4-2,11-17)15(21)19-12-5-7-13(8-6-12)22-10-9-14(18)20/h5-8H,3-4,9-11,17H2,1-2H3,(H2,18,20)(H,19,21). The van der Waals surface area contributed by atoms with E-state index in [0.717, 1.165) is 0 Å². The number of ether oxygens (including phenoxy) is 1. The Morgan fingerprint density at radius 3 is 2.23 bits per heavy atom. The number of benzene rings is 1. The molecular weight excluding hydrogens is 282 g/mol. The van der Waals surface area contributed by atoms with Crippen LogP contribution in [0.15, 0.2) is 24.3 Å². The molecule has 0 aliphatic rings.